The second-order valence-electron chi connectivity index (χ2n) is 1.35. The minimum Gasteiger partial charge on any atom is -0.309 e. The van der Waals surface area contributed by atoms with Crippen molar-refractivity contribution in [1.29, 1.82) is 0 Å². The van der Waals surface area contributed by atoms with E-state index < -0.39 is 0 Å². The molecule has 0 aromatic rings. The molecule has 8 heavy (non-hydrogen) atoms. The number of carbonyl (C=O) groups is 1. The van der Waals surface area contributed by atoms with Gasteiger partial charge in [-0.3, -0.25) is 4.79 Å². The van der Waals surface area contributed by atoms with Crippen molar-refractivity contribution in [3.05, 3.63) is 0 Å². The van der Waals surface area contributed by atoms with E-state index in [9.17, 15) is 4.79 Å². The summed E-state index contributed by atoms with van der Waals surface area (Å²) in [6, 6.07) is 0. The monoisotopic (exact) mass is 111 g/mol. The Kier molecular flexibility index (Phi) is 3.91. The van der Waals surface area contributed by atoms with Gasteiger partial charge in [0.15, 0.2) is 0 Å². The van der Waals surface area contributed by atoms with E-state index in [1.165, 1.54) is 0 Å². The zero-order valence-electron chi connectivity index (χ0n) is 4.90. The fourth-order valence-corrected chi connectivity index (χ4v) is 0.290. The molecule has 0 aromatic carbocycles. The molecule has 2 nitrogen and oxygen atoms in total. The van der Waals surface area contributed by atoms with Gasteiger partial charge in [-0.05, 0) is 12.5 Å². The molecule has 0 aliphatic heterocycles. The summed E-state index contributed by atoms with van der Waals surface area (Å²) in [5.41, 5.74) is 0. The summed E-state index contributed by atoms with van der Waals surface area (Å²) in [4.78, 5) is 10.3. The lowest BCUT2D eigenvalue weighted by Crippen LogP contribution is -2.20. The molecule has 1 N–H and O–H groups in total. The number of hydrogen-bond acceptors (Lipinski definition) is 2. The van der Waals surface area contributed by atoms with Gasteiger partial charge in [0.05, 0.1) is 6.54 Å². The summed E-state index contributed by atoms with van der Waals surface area (Å²) in [5.74, 6) is 1.81. The molecule has 0 radical (unpaired) electrons. The molecule has 0 atom stereocenters. The zero-order valence-corrected chi connectivity index (χ0v) is 4.90. The molecule has 0 bridgehead atoms. The molecule has 44 valence electrons. The number of rotatable bonds is 3. The first kappa shape index (κ1) is 7.19. The lowest BCUT2D eigenvalue weighted by Gasteiger charge is -1.91. The SMILES string of the molecule is C#CC(=O)CNCC. The summed E-state index contributed by atoms with van der Waals surface area (Å²) < 4.78 is 0. The number of ketones is 1. The summed E-state index contributed by atoms with van der Waals surface area (Å²) >= 11 is 0. The van der Waals surface area contributed by atoms with Crippen molar-refractivity contribution in [3.63, 3.8) is 0 Å². The maximum absolute atomic E-state index is 10.3. The third kappa shape index (κ3) is 3.38. The fraction of sp³-hybridized carbons (Fsp3) is 0.500. The molecule has 2 heteroatoms. The van der Waals surface area contributed by atoms with Crippen molar-refractivity contribution in [3.8, 4) is 12.3 Å². The molecule has 0 saturated heterocycles. The van der Waals surface area contributed by atoms with Crippen molar-refractivity contribution < 1.29 is 4.79 Å². The minimum absolute atomic E-state index is 0.188. The van der Waals surface area contributed by atoms with Gasteiger partial charge >= 0.3 is 0 Å². The van der Waals surface area contributed by atoms with Crippen LogP contribution in [0.2, 0.25) is 0 Å². The summed E-state index contributed by atoms with van der Waals surface area (Å²) in [7, 11) is 0. The summed E-state index contributed by atoms with van der Waals surface area (Å²) in [6.45, 7) is 3.00. The molecule has 0 spiro atoms. The Morgan fingerprint density at radius 2 is 2.50 bits per heavy atom. The van der Waals surface area contributed by atoms with Gasteiger partial charge < -0.3 is 5.32 Å². The quantitative estimate of drug-likeness (QED) is 0.403. The lowest BCUT2D eigenvalue weighted by atomic mass is 10.4. The molecule has 0 rings (SSSR count). The number of carbonyl (C=O) groups excluding carboxylic acids is 1. The van der Waals surface area contributed by atoms with Crippen LogP contribution in [0.5, 0.6) is 0 Å². The molecule has 0 unspecified atom stereocenters. The summed E-state index contributed by atoms with van der Waals surface area (Å²) in [5, 5.41) is 2.81. The predicted octanol–water partition coefficient (Wildman–Crippen LogP) is -0.202. The lowest BCUT2D eigenvalue weighted by molar-refractivity contribution is -0.113. The molecular formula is C6H9NO. The van der Waals surface area contributed by atoms with Crippen LogP contribution < -0.4 is 5.32 Å². The second-order valence-corrected chi connectivity index (χ2v) is 1.35. The first-order chi connectivity index (χ1) is 3.81. The Bertz CT molecular complexity index is 112. The normalized spacial score (nSPS) is 8.00. The average Bonchev–Trinajstić information content (AvgIpc) is 1.83. The number of Topliss-reactive ketones (excluding diaryl/α,β-unsaturated/α-hetero) is 1. The fourth-order valence-electron chi connectivity index (χ4n) is 0.290. The van der Waals surface area contributed by atoms with E-state index in [1.54, 1.807) is 0 Å². The minimum atomic E-state index is -0.188. The van der Waals surface area contributed by atoms with Gasteiger partial charge in [-0.15, -0.1) is 6.42 Å². The van der Waals surface area contributed by atoms with Crippen molar-refractivity contribution >= 4 is 5.78 Å². The average molecular weight is 111 g/mol. The standard InChI is InChI=1S/C6H9NO/c1-3-6(8)5-7-4-2/h1,7H,4-5H2,2H3. The molecule has 0 heterocycles. The van der Waals surface area contributed by atoms with Gasteiger partial charge in [-0.2, -0.15) is 0 Å². The third-order valence-corrected chi connectivity index (χ3v) is 0.697. The van der Waals surface area contributed by atoms with Crippen LogP contribution in [0.1, 0.15) is 6.92 Å². The van der Waals surface area contributed by atoms with Crippen LogP contribution >= 0.6 is 0 Å². The first-order valence-electron chi connectivity index (χ1n) is 2.51. The number of likely N-dealkylation sites (N-methyl/N-ethyl adjacent to an activating group) is 1. The second kappa shape index (κ2) is 4.35. The van der Waals surface area contributed by atoms with Crippen LogP contribution in [0.25, 0.3) is 0 Å². The van der Waals surface area contributed by atoms with E-state index in [4.69, 9.17) is 6.42 Å². The van der Waals surface area contributed by atoms with Gasteiger partial charge in [0.2, 0.25) is 5.78 Å². The van der Waals surface area contributed by atoms with Gasteiger partial charge in [0, 0.05) is 0 Å². The van der Waals surface area contributed by atoms with E-state index in [-0.39, 0.29) is 5.78 Å². The van der Waals surface area contributed by atoms with Gasteiger partial charge in [-0.25, -0.2) is 0 Å². The van der Waals surface area contributed by atoms with Crippen molar-refractivity contribution in [2.45, 2.75) is 6.92 Å². The summed E-state index contributed by atoms with van der Waals surface area (Å²) in [6.07, 6.45) is 4.77. The van der Waals surface area contributed by atoms with Crippen LogP contribution in [0.3, 0.4) is 0 Å². The predicted molar refractivity (Wildman–Crippen MR) is 32.4 cm³/mol. The largest absolute Gasteiger partial charge is 0.309 e. The van der Waals surface area contributed by atoms with Crippen molar-refractivity contribution in [2.75, 3.05) is 13.1 Å². The van der Waals surface area contributed by atoms with E-state index >= 15 is 0 Å². The third-order valence-electron chi connectivity index (χ3n) is 0.697. The smallest absolute Gasteiger partial charge is 0.218 e. The van der Waals surface area contributed by atoms with E-state index in [0.717, 1.165) is 6.54 Å². The van der Waals surface area contributed by atoms with Crippen LogP contribution in [-0.2, 0) is 4.79 Å². The van der Waals surface area contributed by atoms with Crippen LogP contribution in [0.4, 0.5) is 0 Å². The Labute approximate surface area is 49.3 Å². The van der Waals surface area contributed by atoms with Gasteiger partial charge in [-0.1, -0.05) is 6.92 Å². The van der Waals surface area contributed by atoms with Gasteiger partial charge in [0.25, 0.3) is 0 Å². The maximum atomic E-state index is 10.3. The van der Waals surface area contributed by atoms with E-state index in [2.05, 4.69) is 5.32 Å². The first-order valence-corrected chi connectivity index (χ1v) is 2.51. The van der Waals surface area contributed by atoms with Gasteiger partial charge in [0.1, 0.15) is 0 Å². The zero-order chi connectivity index (χ0) is 6.41. The Hall–Kier alpha value is -0.810. The highest BCUT2D eigenvalue weighted by Crippen LogP contribution is 1.62. The van der Waals surface area contributed by atoms with Crippen LogP contribution in [-0.4, -0.2) is 18.9 Å². The van der Waals surface area contributed by atoms with E-state index in [1.807, 2.05) is 12.8 Å². The Morgan fingerprint density at radius 3 is 2.88 bits per heavy atom. The highest BCUT2D eigenvalue weighted by molar-refractivity contribution is 5.96. The van der Waals surface area contributed by atoms with E-state index in [0.29, 0.717) is 6.54 Å². The number of terminal acetylenes is 1. The Morgan fingerprint density at radius 1 is 1.88 bits per heavy atom. The molecule has 0 aliphatic rings. The molecular weight excluding hydrogens is 102 g/mol. The molecule has 0 saturated carbocycles. The maximum Gasteiger partial charge on any atom is 0.218 e. The van der Waals surface area contributed by atoms with Crippen LogP contribution in [0, 0.1) is 12.3 Å². The highest BCUT2D eigenvalue weighted by Gasteiger charge is 1.89. The topological polar surface area (TPSA) is 29.1 Å². The molecule has 0 amide bonds. The van der Waals surface area contributed by atoms with Crippen molar-refractivity contribution in [2.24, 2.45) is 0 Å². The molecule has 0 fully saturated rings. The highest BCUT2D eigenvalue weighted by atomic mass is 16.1. The Balaban J connectivity index is 3.16. The van der Waals surface area contributed by atoms with Crippen LogP contribution in [0.15, 0.2) is 0 Å². The molecule has 0 aliphatic carbocycles. The molecule has 0 aromatic heterocycles. The van der Waals surface area contributed by atoms with Crippen molar-refractivity contribution in [1.82, 2.24) is 5.32 Å². The number of hydrogen-bond donors (Lipinski definition) is 1. The number of nitrogens with one attached hydrogen (secondary N) is 1.